The van der Waals surface area contributed by atoms with Crippen LogP contribution in [-0.4, -0.2) is 36.2 Å². The first-order chi connectivity index (χ1) is 7.02. The van der Waals surface area contributed by atoms with Crippen molar-refractivity contribution < 1.29 is 19.4 Å². The fourth-order valence-corrected chi connectivity index (χ4v) is 1.55. The van der Waals surface area contributed by atoms with E-state index in [-0.39, 0.29) is 5.92 Å². The largest absolute Gasteiger partial charge is 0.449 e. The molecule has 5 nitrogen and oxygen atoms in total. The van der Waals surface area contributed by atoms with Crippen LogP contribution in [0, 0.1) is 5.92 Å². The molecule has 0 saturated carbocycles. The molecule has 1 fully saturated rings. The maximum Gasteiger partial charge on any atom is 0.410 e. The smallest absolute Gasteiger partial charge is 0.410 e. The van der Waals surface area contributed by atoms with Gasteiger partial charge in [0, 0.05) is 6.54 Å². The summed E-state index contributed by atoms with van der Waals surface area (Å²) < 4.78 is 4.96. The van der Waals surface area contributed by atoms with Gasteiger partial charge in [-0.25, -0.2) is 14.7 Å². The zero-order valence-electron chi connectivity index (χ0n) is 9.06. The number of nitrogens with zero attached hydrogens (tertiary/aromatic N) is 1. The zero-order valence-corrected chi connectivity index (χ0v) is 9.06. The minimum absolute atomic E-state index is 0.248. The molecule has 1 amide bonds. The van der Waals surface area contributed by atoms with Gasteiger partial charge in [0.2, 0.25) is 0 Å². The molecule has 0 bridgehead atoms. The van der Waals surface area contributed by atoms with E-state index in [0.29, 0.717) is 26.0 Å². The molecule has 1 rings (SSSR count). The van der Waals surface area contributed by atoms with Crippen LogP contribution >= 0.6 is 0 Å². The predicted molar refractivity (Wildman–Crippen MR) is 51.6 cm³/mol. The Kier molecular flexibility index (Phi) is 3.94. The number of hydrogen-bond donors (Lipinski definition) is 0. The van der Waals surface area contributed by atoms with Gasteiger partial charge in [-0.2, -0.15) is 0 Å². The maximum atomic E-state index is 11.5. The van der Waals surface area contributed by atoms with Crippen LogP contribution in [0.1, 0.15) is 26.7 Å². The number of amides is 1. The molecule has 1 saturated heterocycles. The second-order valence-electron chi connectivity index (χ2n) is 4.14. The number of carbonyl (C=O) groups excluding carboxylic acids is 2. The lowest BCUT2D eigenvalue weighted by Gasteiger charge is -2.20. The number of hydrogen-bond acceptors (Lipinski definition) is 3. The Hall–Kier alpha value is -1.26. The summed E-state index contributed by atoms with van der Waals surface area (Å²) in [5.74, 6) is -0.952. The summed E-state index contributed by atoms with van der Waals surface area (Å²) in [5.41, 5.74) is 0. The molecular weight excluding hydrogens is 198 g/mol. The third-order valence-electron chi connectivity index (χ3n) is 2.30. The van der Waals surface area contributed by atoms with Crippen LogP contribution in [0.25, 0.3) is 0 Å². The van der Waals surface area contributed by atoms with E-state index >= 15 is 0 Å². The molecule has 0 aromatic rings. The summed E-state index contributed by atoms with van der Waals surface area (Å²) >= 11 is 0. The predicted octanol–water partition coefficient (Wildman–Crippen LogP) is 1.20. The molecular formula is C10H16NO4. The molecule has 0 N–H and O–H groups in total. The molecule has 1 heterocycles. The summed E-state index contributed by atoms with van der Waals surface area (Å²) in [6.07, 6.45) is 0.601. The molecule has 15 heavy (non-hydrogen) atoms. The standard InChI is InChI=1S/C10H16NO4/c1-7(2)6-15-10(14)11-5-3-4-8(11)9(12)13/h7-8H,3-6H2,1-2H3/t8-/m0/s1. The highest BCUT2D eigenvalue weighted by molar-refractivity contribution is 5.80. The second-order valence-corrected chi connectivity index (χ2v) is 4.14. The van der Waals surface area contributed by atoms with Gasteiger partial charge in [0.1, 0.15) is 6.04 Å². The van der Waals surface area contributed by atoms with Crippen molar-refractivity contribution in [1.29, 1.82) is 0 Å². The molecule has 0 aliphatic carbocycles. The van der Waals surface area contributed by atoms with E-state index in [9.17, 15) is 14.7 Å². The number of carbonyl (C=O) groups is 2. The maximum absolute atomic E-state index is 11.5. The Labute approximate surface area is 89.0 Å². The van der Waals surface area contributed by atoms with Gasteiger partial charge in [-0.05, 0) is 18.8 Å². The number of rotatable bonds is 3. The Morgan fingerprint density at radius 2 is 2.13 bits per heavy atom. The van der Waals surface area contributed by atoms with E-state index < -0.39 is 18.1 Å². The minimum atomic E-state index is -1.20. The third kappa shape index (κ3) is 3.11. The number of likely N-dealkylation sites (tertiary alicyclic amines) is 1. The Morgan fingerprint density at radius 1 is 1.47 bits per heavy atom. The first kappa shape index (κ1) is 11.8. The summed E-state index contributed by atoms with van der Waals surface area (Å²) in [4.78, 5) is 23.4. The van der Waals surface area contributed by atoms with Gasteiger partial charge in [-0.1, -0.05) is 13.8 Å². The first-order valence-corrected chi connectivity index (χ1v) is 5.16. The molecule has 0 aromatic heterocycles. The molecule has 0 unspecified atom stereocenters. The SMILES string of the molecule is CC(C)COC(=O)N1CCC[C@H]1C([O])=O. The fraction of sp³-hybridized carbons (Fsp3) is 0.800. The van der Waals surface area contributed by atoms with E-state index in [1.807, 2.05) is 13.8 Å². The monoisotopic (exact) mass is 214 g/mol. The van der Waals surface area contributed by atoms with Crippen molar-refractivity contribution >= 4 is 12.1 Å². The Morgan fingerprint density at radius 3 is 2.67 bits per heavy atom. The van der Waals surface area contributed by atoms with Gasteiger partial charge < -0.3 is 4.74 Å². The highest BCUT2D eigenvalue weighted by Crippen LogP contribution is 2.18. The van der Waals surface area contributed by atoms with Crippen LogP contribution < -0.4 is 0 Å². The van der Waals surface area contributed by atoms with Crippen molar-refractivity contribution in [1.82, 2.24) is 4.90 Å². The summed E-state index contributed by atoms with van der Waals surface area (Å²) in [6.45, 7) is 4.60. The average Bonchev–Trinajstić information content (AvgIpc) is 2.62. The van der Waals surface area contributed by atoms with Crippen molar-refractivity contribution in [3.05, 3.63) is 0 Å². The molecule has 5 heteroatoms. The Balaban J connectivity index is 2.47. The molecule has 0 spiro atoms. The lowest BCUT2D eigenvalue weighted by Crippen LogP contribution is -2.40. The van der Waals surface area contributed by atoms with E-state index in [1.54, 1.807) is 0 Å². The Bertz CT molecular complexity index is 252. The van der Waals surface area contributed by atoms with Crippen LogP contribution in [0.15, 0.2) is 0 Å². The quantitative estimate of drug-likeness (QED) is 0.709. The van der Waals surface area contributed by atoms with Gasteiger partial charge in [0.25, 0.3) is 0 Å². The van der Waals surface area contributed by atoms with E-state index in [2.05, 4.69) is 0 Å². The summed E-state index contributed by atoms with van der Waals surface area (Å²) in [5, 5.41) is 10.7. The molecule has 1 aliphatic rings. The average molecular weight is 214 g/mol. The van der Waals surface area contributed by atoms with Gasteiger partial charge in [0.05, 0.1) is 6.61 Å². The van der Waals surface area contributed by atoms with Crippen LogP contribution in [0.4, 0.5) is 4.79 Å². The molecule has 0 aromatic carbocycles. The second kappa shape index (κ2) is 5.00. The molecule has 1 atom stereocenters. The lowest BCUT2D eigenvalue weighted by atomic mass is 10.2. The van der Waals surface area contributed by atoms with Crippen molar-refractivity contribution in [2.24, 2.45) is 5.92 Å². The van der Waals surface area contributed by atoms with E-state index in [1.165, 1.54) is 4.90 Å². The summed E-state index contributed by atoms with van der Waals surface area (Å²) in [6, 6.07) is -0.815. The highest BCUT2D eigenvalue weighted by atomic mass is 16.6. The molecule has 1 radical (unpaired) electrons. The van der Waals surface area contributed by atoms with Crippen LogP contribution in [0.2, 0.25) is 0 Å². The van der Waals surface area contributed by atoms with Crippen molar-refractivity contribution in [3.8, 4) is 0 Å². The first-order valence-electron chi connectivity index (χ1n) is 5.16. The topological polar surface area (TPSA) is 66.5 Å². The van der Waals surface area contributed by atoms with Crippen LogP contribution in [-0.2, 0) is 14.6 Å². The third-order valence-corrected chi connectivity index (χ3v) is 2.30. The van der Waals surface area contributed by atoms with Gasteiger partial charge in [-0.3, -0.25) is 4.90 Å². The highest BCUT2D eigenvalue weighted by Gasteiger charge is 2.36. The van der Waals surface area contributed by atoms with Crippen molar-refractivity contribution in [2.75, 3.05) is 13.2 Å². The van der Waals surface area contributed by atoms with Gasteiger partial charge >= 0.3 is 12.1 Å². The van der Waals surface area contributed by atoms with E-state index in [4.69, 9.17) is 4.74 Å². The van der Waals surface area contributed by atoms with Crippen molar-refractivity contribution in [2.45, 2.75) is 32.7 Å². The van der Waals surface area contributed by atoms with Crippen LogP contribution in [0.5, 0.6) is 0 Å². The normalized spacial score (nSPS) is 20.7. The van der Waals surface area contributed by atoms with Gasteiger partial charge in [0.15, 0.2) is 0 Å². The molecule has 85 valence electrons. The zero-order chi connectivity index (χ0) is 11.4. The van der Waals surface area contributed by atoms with Crippen molar-refractivity contribution in [3.63, 3.8) is 0 Å². The van der Waals surface area contributed by atoms with Crippen LogP contribution in [0.3, 0.4) is 0 Å². The lowest BCUT2D eigenvalue weighted by molar-refractivity contribution is -0.148. The molecule has 1 aliphatic heterocycles. The minimum Gasteiger partial charge on any atom is -0.449 e. The van der Waals surface area contributed by atoms with Gasteiger partial charge in [-0.15, -0.1) is 0 Å². The summed E-state index contributed by atoms with van der Waals surface area (Å²) in [7, 11) is 0. The van der Waals surface area contributed by atoms with E-state index in [0.717, 1.165) is 0 Å². The fourth-order valence-electron chi connectivity index (χ4n) is 1.55. The number of ether oxygens (including phenoxy) is 1.